The fraction of sp³-hybridized carbons (Fsp3) is 0.0588. The molecule has 0 fully saturated rings. The van der Waals surface area contributed by atoms with Crippen LogP contribution in [-0.4, -0.2) is 24.6 Å². The SMILES string of the molecule is Cc1cccc(-c2cc(Nc3ccncc3)n3nccc3n2)n1. The van der Waals surface area contributed by atoms with Gasteiger partial charge in [0.25, 0.3) is 0 Å². The van der Waals surface area contributed by atoms with Crippen molar-refractivity contribution in [2.45, 2.75) is 6.92 Å². The van der Waals surface area contributed by atoms with E-state index in [1.807, 2.05) is 49.4 Å². The number of anilines is 2. The van der Waals surface area contributed by atoms with E-state index in [1.165, 1.54) is 0 Å². The Bertz CT molecular complexity index is 961. The van der Waals surface area contributed by atoms with E-state index in [9.17, 15) is 0 Å². The van der Waals surface area contributed by atoms with Gasteiger partial charge in [0.05, 0.1) is 17.6 Å². The highest BCUT2D eigenvalue weighted by molar-refractivity contribution is 5.67. The fourth-order valence-corrected chi connectivity index (χ4v) is 2.40. The van der Waals surface area contributed by atoms with Crippen molar-refractivity contribution in [3.63, 3.8) is 0 Å². The number of hydrogen-bond acceptors (Lipinski definition) is 5. The van der Waals surface area contributed by atoms with Gasteiger partial charge in [-0.1, -0.05) is 6.07 Å². The molecule has 0 saturated carbocycles. The lowest BCUT2D eigenvalue weighted by molar-refractivity contribution is 0.947. The smallest absolute Gasteiger partial charge is 0.158 e. The van der Waals surface area contributed by atoms with E-state index < -0.39 is 0 Å². The molecule has 6 nitrogen and oxygen atoms in total. The summed E-state index contributed by atoms with van der Waals surface area (Å²) in [6.45, 7) is 1.97. The maximum absolute atomic E-state index is 4.63. The molecule has 0 aromatic carbocycles. The minimum Gasteiger partial charge on any atom is -0.340 e. The predicted octanol–water partition coefficient (Wildman–Crippen LogP) is 3.24. The Morgan fingerprint density at radius 3 is 2.61 bits per heavy atom. The molecule has 1 N–H and O–H groups in total. The average molecular weight is 302 g/mol. The molecule has 0 aliphatic heterocycles. The van der Waals surface area contributed by atoms with Gasteiger partial charge in [0, 0.05) is 35.9 Å². The Hall–Kier alpha value is -3.28. The lowest BCUT2D eigenvalue weighted by atomic mass is 10.2. The van der Waals surface area contributed by atoms with Crippen LogP contribution < -0.4 is 5.32 Å². The summed E-state index contributed by atoms with van der Waals surface area (Å²) in [6.07, 6.45) is 5.22. The minimum atomic E-state index is 0.766. The number of nitrogens with zero attached hydrogens (tertiary/aromatic N) is 5. The van der Waals surface area contributed by atoms with E-state index in [4.69, 9.17) is 0 Å². The van der Waals surface area contributed by atoms with Gasteiger partial charge in [-0.25, -0.2) is 4.98 Å². The summed E-state index contributed by atoms with van der Waals surface area (Å²) >= 11 is 0. The lowest BCUT2D eigenvalue weighted by Crippen LogP contribution is -2.03. The third-order valence-electron chi connectivity index (χ3n) is 3.46. The standard InChI is InChI=1S/C17H14N6/c1-12-3-2-4-14(20-12)15-11-17(21-13-5-8-18-9-6-13)23-16(22-15)7-10-19-23/h2-11H,1H3,(H,18,21). The molecule has 0 amide bonds. The molecule has 112 valence electrons. The third-order valence-corrected chi connectivity index (χ3v) is 3.46. The molecule has 4 aromatic heterocycles. The van der Waals surface area contributed by atoms with Gasteiger partial charge in [0.1, 0.15) is 5.82 Å². The highest BCUT2D eigenvalue weighted by Gasteiger charge is 2.09. The molecule has 6 heteroatoms. The summed E-state index contributed by atoms with van der Waals surface area (Å²) in [7, 11) is 0. The van der Waals surface area contributed by atoms with Crippen LogP contribution >= 0.6 is 0 Å². The van der Waals surface area contributed by atoms with Crippen molar-refractivity contribution in [2.75, 3.05) is 5.32 Å². The number of nitrogens with one attached hydrogen (secondary N) is 1. The summed E-state index contributed by atoms with van der Waals surface area (Å²) in [6, 6.07) is 13.5. The van der Waals surface area contributed by atoms with E-state index in [0.29, 0.717) is 0 Å². The van der Waals surface area contributed by atoms with Crippen molar-refractivity contribution in [3.8, 4) is 11.4 Å². The second-order valence-electron chi connectivity index (χ2n) is 5.15. The molecule has 0 unspecified atom stereocenters. The predicted molar refractivity (Wildman–Crippen MR) is 88.5 cm³/mol. The molecule has 4 aromatic rings. The highest BCUT2D eigenvalue weighted by Crippen LogP contribution is 2.23. The summed E-state index contributed by atoms with van der Waals surface area (Å²) in [5, 5.41) is 7.67. The molecular weight excluding hydrogens is 288 g/mol. The number of pyridine rings is 2. The first-order chi connectivity index (χ1) is 11.3. The topological polar surface area (TPSA) is 68.0 Å². The van der Waals surface area contributed by atoms with Crippen molar-refractivity contribution in [3.05, 3.63) is 66.7 Å². The van der Waals surface area contributed by atoms with Gasteiger partial charge in [-0.05, 0) is 31.2 Å². The van der Waals surface area contributed by atoms with E-state index in [0.717, 1.165) is 34.2 Å². The summed E-state index contributed by atoms with van der Waals surface area (Å²) < 4.78 is 1.76. The van der Waals surface area contributed by atoms with E-state index in [1.54, 1.807) is 23.1 Å². The van der Waals surface area contributed by atoms with Crippen LogP contribution in [0.25, 0.3) is 17.0 Å². The molecule has 4 heterocycles. The summed E-state index contributed by atoms with van der Waals surface area (Å²) in [5.74, 6) is 0.824. The van der Waals surface area contributed by atoms with Gasteiger partial charge >= 0.3 is 0 Å². The Balaban J connectivity index is 1.84. The van der Waals surface area contributed by atoms with Gasteiger partial charge < -0.3 is 5.32 Å². The van der Waals surface area contributed by atoms with Crippen LogP contribution in [-0.2, 0) is 0 Å². The van der Waals surface area contributed by atoms with E-state index >= 15 is 0 Å². The Morgan fingerprint density at radius 2 is 1.78 bits per heavy atom. The monoisotopic (exact) mass is 302 g/mol. The maximum atomic E-state index is 4.63. The number of fused-ring (bicyclic) bond motifs is 1. The van der Waals surface area contributed by atoms with E-state index in [2.05, 4.69) is 25.4 Å². The van der Waals surface area contributed by atoms with Gasteiger partial charge in [-0.2, -0.15) is 9.61 Å². The molecular formula is C17H14N6. The highest BCUT2D eigenvalue weighted by atomic mass is 15.3. The molecule has 23 heavy (non-hydrogen) atoms. The fourth-order valence-electron chi connectivity index (χ4n) is 2.40. The van der Waals surface area contributed by atoms with Crippen LogP contribution in [0.5, 0.6) is 0 Å². The zero-order valence-corrected chi connectivity index (χ0v) is 12.5. The van der Waals surface area contributed by atoms with Crippen LogP contribution in [0.4, 0.5) is 11.5 Å². The zero-order chi connectivity index (χ0) is 15.6. The van der Waals surface area contributed by atoms with Crippen molar-refractivity contribution in [1.82, 2.24) is 24.6 Å². The number of hydrogen-bond donors (Lipinski definition) is 1. The number of aryl methyl sites for hydroxylation is 1. The Labute approximate surface area is 132 Å². The van der Waals surface area contributed by atoms with Crippen LogP contribution in [0.15, 0.2) is 61.1 Å². The first-order valence-electron chi connectivity index (χ1n) is 7.25. The van der Waals surface area contributed by atoms with Crippen LogP contribution in [0, 0.1) is 6.92 Å². The third kappa shape index (κ3) is 2.62. The van der Waals surface area contributed by atoms with Crippen molar-refractivity contribution in [1.29, 1.82) is 0 Å². The first-order valence-corrected chi connectivity index (χ1v) is 7.25. The van der Waals surface area contributed by atoms with Crippen molar-refractivity contribution >= 4 is 17.2 Å². The molecule has 0 aliphatic rings. The normalized spacial score (nSPS) is 10.8. The molecule has 0 radical (unpaired) electrons. The van der Waals surface area contributed by atoms with Crippen molar-refractivity contribution < 1.29 is 0 Å². The van der Waals surface area contributed by atoms with Gasteiger partial charge in [0.15, 0.2) is 5.65 Å². The Kier molecular flexibility index (Phi) is 3.20. The number of aromatic nitrogens is 5. The van der Waals surface area contributed by atoms with E-state index in [-0.39, 0.29) is 0 Å². The van der Waals surface area contributed by atoms with Crippen molar-refractivity contribution in [2.24, 2.45) is 0 Å². The Morgan fingerprint density at radius 1 is 0.913 bits per heavy atom. The van der Waals surface area contributed by atoms with Gasteiger partial charge in [-0.15, -0.1) is 0 Å². The summed E-state index contributed by atoms with van der Waals surface area (Å²) in [5.41, 5.74) is 4.31. The van der Waals surface area contributed by atoms with Crippen LogP contribution in [0.3, 0.4) is 0 Å². The maximum Gasteiger partial charge on any atom is 0.158 e. The summed E-state index contributed by atoms with van der Waals surface area (Å²) in [4.78, 5) is 13.2. The largest absolute Gasteiger partial charge is 0.340 e. The molecule has 0 saturated heterocycles. The van der Waals surface area contributed by atoms with Crippen LogP contribution in [0.2, 0.25) is 0 Å². The first kappa shape index (κ1) is 13.4. The quantitative estimate of drug-likeness (QED) is 0.629. The molecule has 0 spiro atoms. The molecule has 0 bridgehead atoms. The van der Waals surface area contributed by atoms with Crippen LogP contribution in [0.1, 0.15) is 5.69 Å². The molecule has 0 atom stereocenters. The van der Waals surface area contributed by atoms with Gasteiger partial charge in [-0.3, -0.25) is 9.97 Å². The zero-order valence-electron chi connectivity index (χ0n) is 12.5. The molecule has 4 rings (SSSR count). The number of rotatable bonds is 3. The second kappa shape index (κ2) is 5.49. The lowest BCUT2D eigenvalue weighted by Gasteiger charge is -2.10. The molecule has 0 aliphatic carbocycles. The average Bonchev–Trinajstić information content (AvgIpc) is 3.05. The minimum absolute atomic E-state index is 0.766. The van der Waals surface area contributed by atoms with Gasteiger partial charge in [0.2, 0.25) is 0 Å². The second-order valence-corrected chi connectivity index (χ2v) is 5.15.